The number of piperidine rings is 1. The minimum absolute atomic E-state index is 0. The van der Waals surface area contributed by atoms with Crippen molar-refractivity contribution in [3.63, 3.8) is 0 Å². The van der Waals surface area contributed by atoms with Crippen LogP contribution < -0.4 is 16.0 Å². The van der Waals surface area contributed by atoms with Gasteiger partial charge in [-0.25, -0.2) is 0 Å². The molecule has 1 heterocycles. The fourth-order valence-corrected chi connectivity index (χ4v) is 2.75. The molecule has 2 amide bonds. The van der Waals surface area contributed by atoms with Gasteiger partial charge in [0.25, 0.3) is 0 Å². The van der Waals surface area contributed by atoms with Gasteiger partial charge in [0.05, 0.1) is 13.1 Å². The van der Waals surface area contributed by atoms with E-state index in [4.69, 9.17) is 0 Å². The van der Waals surface area contributed by atoms with E-state index in [2.05, 4.69) is 20.9 Å². The van der Waals surface area contributed by atoms with E-state index in [0.29, 0.717) is 13.1 Å². The molecule has 142 valence electrons. The van der Waals surface area contributed by atoms with Crippen molar-refractivity contribution in [3.8, 4) is 0 Å². The third-order valence-corrected chi connectivity index (χ3v) is 4.31. The molecule has 0 radical (unpaired) electrons. The van der Waals surface area contributed by atoms with Crippen LogP contribution in [0.25, 0.3) is 0 Å². The second-order valence-corrected chi connectivity index (χ2v) is 6.54. The number of hydrogen-bond donors (Lipinski definition) is 3. The van der Waals surface area contributed by atoms with Gasteiger partial charge in [-0.15, -0.1) is 24.8 Å². The second-order valence-electron chi connectivity index (χ2n) is 6.54. The molecule has 0 spiro atoms. The van der Waals surface area contributed by atoms with Crippen molar-refractivity contribution in [2.75, 3.05) is 39.3 Å². The van der Waals surface area contributed by atoms with E-state index in [9.17, 15) is 9.59 Å². The molecule has 1 saturated carbocycles. The Morgan fingerprint density at radius 1 is 1.04 bits per heavy atom. The van der Waals surface area contributed by atoms with E-state index in [0.717, 1.165) is 51.4 Å². The third kappa shape index (κ3) is 9.67. The number of likely N-dealkylation sites (tertiary alicyclic amines) is 1. The summed E-state index contributed by atoms with van der Waals surface area (Å²) in [5.41, 5.74) is 0. The minimum atomic E-state index is 0. The Balaban J connectivity index is 0.00000264. The number of nitrogens with one attached hydrogen (secondary N) is 3. The number of hydrogen-bond acceptors (Lipinski definition) is 4. The highest BCUT2D eigenvalue weighted by Gasteiger charge is 2.23. The predicted molar refractivity (Wildman–Crippen MR) is 101 cm³/mol. The number of nitrogens with zero attached hydrogens (tertiary/aromatic N) is 1. The lowest BCUT2D eigenvalue weighted by Gasteiger charge is -2.31. The molecule has 3 N–H and O–H groups in total. The highest BCUT2D eigenvalue weighted by atomic mass is 35.5. The van der Waals surface area contributed by atoms with Crippen molar-refractivity contribution in [2.24, 2.45) is 5.92 Å². The van der Waals surface area contributed by atoms with Crippen LogP contribution in [0, 0.1) is 5.92 Å². The van der Waals surface area contributed by atoms with Gasteiger partial charge in [-0.3, -0.25) is 14.5 Å². The van der Waals surface area contributed by atoms with Gasteiger partial charge in [0, 0.05) is 25.7 Å². The molecule has 2 aliphatic rings. The average Bonchev–Trinajstić information content (AvgIpc) is 3.31. The average molecular weight is 383 g/mol. The lowest BCUT2D eigenvalue weighted by atomic mass is 10.0. The normalized spacial score (nSPS) is 18.2. The van der Waals surface area contributed by atoms with E-state index in [-0.39, 0.29) is 42.7 Å². The molecule has 0 unspecified atom stereocenters. The zero-order valence-corrected chi connectivity index (χ0v) is 16.1. The highest BCUT2D eigenvalue weighted by molar-refractivity contribution is 5.85. The van der Waals surface area contributed by atoms with Gasteiger partial charge < -0.3 is 16.0 Å². The molecule has 0 aromatic carbocycles. The highest BCUT2D eigenvalue weighted by Crippen LogP contribution is 2.27. The fourth-order valence-electron chi connectivity index (χ4n) is 2.75. The molecule has 1 saturated heterocycles. The van der Waals surface area contributed by atoms with Crippen LogP contribution in [0.5, 0.6) is 0 Å². The first kappa shape index (κ1) is 23.4. The summed E-state index contributed by atoms with van der Waals surface area (Å²) in [6, 6.07) is 0.255. The van der Waals surface area contributed by atoms with Crippen LogP contribution in [0.2, 0.25) is 0 Å². The summed E-state index contributed by atoms with van der Waals surface area (Å²) >= 11 is 0. The zero-order chi connectivity index (χ0) is 15.8. The SMILES string of the molecule is CCCNC(=O)CN1CCC(NC(=O)CNCC2CC2)CC1.Cl.Cl. The van der Waals surface area contributed by atoms with Crippen LogP contribution >= 0.6 is 24.8 Å². The quantitative estimate of drug-likeness (QED) is 0.554. The number of amides is 2. The molecule has 0 aromatic rings. The van der Waals surface area contributed by atoms with E-state index in [1.54, 1.807) is 0 Å². The molecule has 1 aliphatic heterocycles. The molecule has 0 aromatic heterocycles. The van der Waals surface area contributed by atoms with E-state index < -0.39 is 0 Å². The molecular weight excluding hydrogens is 351 g/mol. The van der Waals surface area contributed by atoms with Gasteiger partial charge in [-0.2, -0.15) is 0 Å². The molecule has 0 bridgehead atoms. The maximum Gasteiger partial charge on any atom is 0.234 e. The summed E-state index contributed by atoms with van der Waals surface area (Å²) in [4.78, 5) is 25.7. The molecule has 6 nitrogen and oxygen atoms in total. The third-order valence-electron chi connectivity index (χ3n) is 4.31. The summed E-state index contributed by atoms with van der Waals surface area (Å²) in [5, 5.41) is 9.21. The Kier molecular flexibility index (Phi) is 12.5. The van der Waals surface area contributed by atoms with Gasteiger partial charge >= 0.3 is 0 Å². The topological polar surface area (TPSA) is 73.5 Å². The predicted octanol–water partition coefficient (Wildman–Crippen LogP) is 0.936. The van der Waals surface area contributed by atoms with Crippen LogP contribution in [-0.4, -0.2) is 62.0 Å². The fraction of sp³-hybridized carbons (Fsp3) is 0.875. The van der Waals surface area contributed by atoms with Crippen molar-refractivity contribution < 1.29 is 9.59 Å². The van der Waals surface area contributed by atoms with Gasteiger partial charge in [-0.05, 0) is 44.6 Å². The largest absolute Gasteiger partial charge is 0.355 e. The van der Waals surface area contributed by atoms with Crippen molar-refractivity contribution in [1.82, 2.24) is 20.9 Å². The van der Waals surface area contributed by atoms with Gasteiger partial charge in [0.15, 0.2) is 0 Å². The first-order valence-corrected chi connectivity index (χ1v) is 8.66. The summed E-state index contributed by atoms with van der Waals surface area (Å²) in [6.45, 7) is 6.42. The maximum atomic E-state index is 11.8. The van der Waals surface area contributed by atoms with Crippen LogP contribution in [0.15, 0.2) is 0 Å². The minimum Gasteiger partial charge on any atom is -0.355 e. The lowest BCUT2D eigenvalue weighted by molar-refractivity contribution is -0.123. The number of carbonyl (C=O) groups is 2. The second kappa shape index (κ2) is 12.8. The number of halogens is 2. The van der Waals surface area contributed by atoms with Crippen molar-refractivity contribution >= 4 is 36.6 Å². The van der Waals surface area contributed by atoms with Crippen LogP contribution in [-0.2, 0) is 9.59 Å². The monoisotopic (exact) mass is 382 g/mol. The van der Waals surface area contributed by atoms with Gasteiger partial charge in [-0.1, -0.05) is 6.92 Å². The van der Waals surface area contributed by atoms with Crippen molar-refractivity contribution in [1.29, 1.82) is 0 Å². The molecule has 1 aliphatic carbocycles. The summed E-state index contributed by atoms with van der Waals surface area (Å²) in [6.07, 6.45) is 5.43. The lowest BCUT2D eigenvalue weighted by Crippen LogP contribution is -2.48. The summed E-state index contributed by atoms with van der Waals surface area (Å²) in [7, 11) is 0. The first-order chi connectivity index (χ1) is 10.7. The zero-order valence-electron chi connectivity index (χ0n) is 14.5. The molecule has 0 atom stereocenters. The molecular formula is C16H32Cl2N4O2. The summed E-state index contributed by atoms with van der Waals surface area (Å²) in [5.74, 6) is 1.00. The van der Waals surface area contributed by atoms with Crippen LogP contribution in [0.3, 0.4) is 0 Å². The molecule has 24 heavy (non-hydrogen) atoms. The van der Waals surface area contributed by atoms with Crippen molar-refractivity contribution in [2.45, 2.75) is 45.1 Å². The Bertz CT molecular complexity index is 373. The Morgan fingerprint density at radius 3 is 2.29 bits per heavy atom. The molecule has 2 rings (SSSR count). The van der Waals surface area contributed by atoms with Gasteiger partial charge in [0.2, 0.25) is 11.8 Å². The van der Waals surface area contributed by atoms with Crippen molar-refractivity contribution in [3.05, 3.63) is 0 Å². The number of rotatable bonds is 9. The van der Waals surface area contributed by atoms with E-state index >= 15 is 0 Å². The Morgan fingerprint density at radius 2 is 1.71 bits per heavy atom. The molecule has 8 heteroatoms. The maximum absolute atomic E-state index is 11.8. The smallest absolute Gasteiger partial charge is 0.234 e. The Labute approximate surface area is 157 Å². The van der Waals surface area contributed by atoms with Crippen LogP contribution in [0.4, 0.5) is 0 Å². The first-order valence-electron chi connectivity index (χ1n) is 8.66. The Hall–Kier alpha value is -0.560. The molecule has 2 fully saturated rings. The van der Waals surface area contributed by atoms with E-state index in [1.165, 1.54) is 12.8 Å². The summed E-state index contributed by atoms with van der Waals surface area (Å²) < 4.78 is 0. The van der Waals surface area contributed by atoms with Crippen LogP contribution in [0.1, 0.15) is 39.0 Å². The van der Waals surface area contributed by atoms with Gasteiger partial charge in [0.1, 0.15) is 0 Å². The standard InChI is InChI=1S/C16H30N4O2.2ClH/c1-2-7-18-16(22)12-20-8-5-14(6-9-20)19-15(21)11-17-10-13-3-4-13;;/h13-14,17H,2-12H2,1H3,(H,18,22)(H,19,21);2*1H. The number of carbonyl (C=O) groups excluding carboxylic acids is 2. The van der Waals surface area contributed by atoms with E-state index in [1.807, 2.05) is 6.92 Å².